The van der Waals surface area contributed by atoms with Gasteiger partial charge in [0, 0.05) is 75.9 Å². The Kier molecular flexibility index (Phi) is 8.38. The number of carbonyl (C=O) groups is 3. The van der Waals surface area contributed by atoms with Crippen molar-refractivity contribution in [2.75, 3.05) is 51.1 Å². The van der Waals surface area contributed by atoms with Crippen LogP contribution >= 0.6 is 0 Å². The molecule has 3 rings (SSSR count). The van der Waals surface area contributed by atoms with Crippen molar-refractivity contribution < 1.29 is 14.4 Å². The molecule has 9 heteroatoms. The Morgan fingerprint density at radius 2 is 1.84 bits per heavy atom. The van der Waals surface area contributed by atoms with Crippen LogP contribution in [0.4, 0.5) is 5.69 Å². The topological polar surface area (TPSA) is 90.8 Å². The third-order valence-electron chi connectivity index (χ3n) is 5.68. The molecule has 2 aromatic rings. The zero-order chi connectivity index (χ0) is 22.9. The molecule has 1 saturated heterocycles. The molecule has 9 nitrogen and oxygen atoms in total. The van der Waals surface area contributed by atoms with Gasteiger partial charge in [-0.05, 0) is 32.0 Å². The van der Waals surface area contributed by atoms with Crippen LogP contribution in [0, 0.1) is 0 Å². The Morgan fingerprint density at radius 3 is 2.50 bits per heavy atom. The van der Waals surface area contributed by atoms with E-state index in [1.807, 2.05) is 29.5 Å². The van der Waals surface area contributed by atoms with Gasteiger partial charge in [0.25, 0.3) is 5.91 Å². The fraction of sp³-hybridized carbons (Fsp3) is 0.478. The van der Waals surface area contributed by atoms with Crippen LogP contribution in [0.2, 0.25) is 0 Å². The summed E-state index contributed by atoms with van der Waals surface area (Å²) in [6.07, 6.45) is 5.48. The molecule has 32 heavy (non-hydrogen) atoms. The first-order valence-corrected chi connectivity index (χ1v) is 11.1. The lowest BCUT2D eigenvalue weighted by molar-refractivity contribution is -0.132. The zero-order valence-corrected chi connectivity index (χ0v) is 18.9. The number of piperazine rings is 1. The average molecular weight is 441 g/mol. The van der Waals surface area contributed by atoms with Crippen LogP contribution in [0.25, 0.3) is 0 Å². The first-order chi connectivity index (χ1) is 15.5. The molecule has 0 aliphatic carbocycles. The van der Waals surface area contributed by atoms with E-state index in [2.05, 4.69) is 15.2 Å². The van der Waals surface area contributed by atoms with Crippen LogP contribution in [-0.2, 0) is 16.1 Å². The number of hydrogen-bond donors (Lipinski definition) is 1. The van der Waals surface area contributed by atoms with Crippen molar-refractivity contribution in [1.82, 2.24) is 24.3 Å². The molecular weight excluding hydrogens is 408 g/mol. The number of likely N-dealkylation sites (N-methyl/N-ethyl adjacent to an activating group) is 1. The number of benzene rings is 1. The second kappa shape index (κ2) is 11.4. The minimum absolute atomic E-state index is 0.0609. The second-order valence-electron chi connectivity index (χ2n) is 7.81. The Balaban J connectivity index is 1.49. The molecule has 1 fully saturated rings. The molecule has 2 heterocycles. The summed E-state index contributed by atoms with van der Waals surface area (Å²) in [5, 5.41) is 2.86. The first kappa shape index (κ1) is 23.5. The molecular formula is C23H32N6O3. The van der Waals surface area contributed by atoms with Gasteiger partial charge in [0.15, 0.2) is 0 Å². The van der Waals surface area contributed by atoms with Crippen LogP contribution in [0.15, 0.2) is 43.0 Å². The van der Waals surface area contributed by atoms with E-state index >= 15 is 0 Å². The lowest BCUT2D eigenvalue weighted by Crippen LogP contribution is -2.51. The summed E-state index contributed by atoms with van der Waals surface area (Å²) < 4.78 is 1.84. The van der Waals surface area contributed by atoms with E-state index in [0.717, 1.165) is 0 Å². The van der Waals surface area contributed by atoms with E-state index in [9.17, 15) is 14.4 Å². The molecule has 0 atom stereocenters. The third kappa shape index (κ3) is 6.40. The van der Waals surface area contributed by atoms with Crippen molar-refractivity contribution in [3.63, 3.8) is 0 Å². The maximum Gasteiger partial charge on any atom is 0.254 e. The molecule has 0 unspecified atom stereocenters. The van der Waals surface area contributed by atoms with Crippen molar-refractivity contribution in [2.24, 2.45) is 0 Å². The maximum atomic E-state index is 13.0. The smallest absolute Gasteiger partial charge is 0.254 e. The number of nitrogens with one attached hydrogen (secondary N) is 1. The Labute approximate surface area is 189 Å². The number of hydrogen-bond acceptors (Lipinski definition) is 5. The number of anilines is 1. The van der Waals surface area contributed by atoms with E-state index in [1.165, 1.54) is 0 Å². The summed E-state index contributed by atoms with van der Waals surface area (Å²) >= 11 is 0. The molecule has 1 N–H and O–H groups in total. The number of imidazole rings is 1. The lowest BCUT2D eigenvalue weighted by atomic mass is 10.1. The van der Waals surface area contributed by atoms with Gasteiger partial charge in [-0.25, -0.2) is 4.98 Å². The molecule has 0 bridgehead atoms. The van der Waals surface area contributed by atoms with Crippen molar-refractivity contribution >= 4 is 23.4 Å². The largest absolute Gasteiger partial charge is 0.342 e. The quantitative estimate of drug-likeness (QED) is 0.639. The molecule has 1 aromatic carbocycles. The van der Waals surface area contributed by atoms with Crippen LogP contribution in [0.1, 0.15) is 30.6 Å². The summed E-state index contributed by atoms with van der Waals surface area (Å²) in [6.45, 7) is 8.82. The zero-order valence-electron chi connectivity index (χ0n) is 18.9. The Morgan fingerprint density at radius 1 is 1.09 bits per heavy atom. The Hall–Kier alpha value is -3.20. The number of aryl methyl sites for hydroxylation is 1. The highest BCUT2D eigenvalue weighted by Gasteiger charge is 2.24. The van der Waals surface area contributed by atoms with E-state index in [-0.39, 0.29) is 17.7 Å². The summed E-state index contributed by atoms with van der Waals surface area (Å²) in [6, 6.07) is 7.04. The van der Waals surface area contributed by atoms with Gasteiger partial charge in [0.2, 0.25) is 11.8 Å². The monoisotopic (exact) mass is 440 g/mol. The van der Waals surface area contributed by atoms with Gasteiger partial charge in [0.1, 0.15) is 0 Å². The predicted octanol–water partition coefficient (Wildman–Crippen LogP) is 1.54. The van der Waals surface area contributed by atoms with Crippen molar-refractivity contribution in [1.29, 1.82) is 0 Å². The number of aromatic nitrogens is 2. The Bertz CT molecular complexity index is 902. The van der Waals surface area contributed by atoms with E-state index < -0.39 is 0 Å². The normalized spacial score (nSPS) is 14.2. The fourth-order valence-corrected chi connectivity index (χ4v) is 3.76. The van der Waals surface area contributed by atoms with Gasteiger partial charge < -0.3 is 19.7 Å². The lowest BCUT2D eigenvalue weighted by Gasteiger charge is -2.35. The van der Waals surface area contributed by atoms with Gasteiger partial charge in [-0.3, -0.25) is 19.3 Å². The SMILES string of the molecule is CCN(CC)C(=O)CN1CCN(C(=O)c2cccc(NC(=O)CCn3ccnc3)c2)CC1. The highest BCUT2D eigenvalue weighted by atomic mass is 16.2. The molecule has 172 valence electrons. The van der Waals surface area contributed by atoms with E-state index in [1.54, 1.807) is 41.7 Å². The molecule has 0 spiro atoms. The van der Waals surface area contributed by atoms with Gasteiger partial charge in [-0.1, -0.05) is 6.07 Å². The summed E-state index contributed by atoms with van der Waals surface area (Å²) in [7, 11) is 0. The molecule has 1 aliphatic heterocycles. The van der Waals surface area contributed by atoms with Crippen LogP contribution < -0.4 is 5.32 Å². The molecule has 3 amide bonds. The van der Waals surface area contributed by atoms with E-state index in [0.29, 0.717) is 70.0 Å². The first-order valence-electron chi connectivity index (χ1n) is 11.1. The number of amides is 3. The van der Waals surface area contributed by atoms with Crippen LogP contribution in [-0.4, -0.2) is 87.8 Å². The third-order valence-corrected chi connectivity index (χ3v) is 5.68. The highest BCUT2D eigenvalue weighted by molar-refractivity contribution is 5.97. The minimum atomic E-state index is -0.116. The van der Waals surface area contributed by atoms with Gasteiger partial charge in [-0.2, -0.15) is 0 Å². The predicted molar refractivity (Wildman–Crippen MR) is 122 cm³/mol. The number of nitrogens with zero attached hydrogens (tertiary/aromatic N) is 5. The summed E-state index contributed by atoms with van der Waals surface area (Å²) in [5.74, 6) is -0.0460. The number of carbonyl (C=O) groups excluding carboxylic acids is 3. The van der Waals surface area contributed by atoms with Crippen molar-refractivity contribution in [2.45, 2.75) is 26.8 Å². The van der Waals surface area contributed by atoms with Crippen molar-refractivity contribution in [3.05, 3.63) is 48.5 Å². The van der Waals surface area contributed by atoms with Gasteiger partial charge >= 0.3 is 0 Å². The second-order valence-corrected chi connectivity index (χ2v) is 7.81. The molecule has 1 aliphatic rings. The maximum absolute atomic E-state index is 13.0. The summed E-state index contributed by atoms with van der Waals surface area (Å²) in [4.78, 5) is 47.2. The van der Waals surface area contributed by atoms with Crippen LogP contribution in [0.3, 0.4) is 0 Å². The van der Waals surface area contributed by atoms with E-state index in [4.69, 9.17) is 0 Å². The minimum Gasteiger partial charge on any atom is -0.342 e. The van der Waals surface area contributed by atoms with Gasteiger partial charge in [-0.15, -0.1) is 0 Å². The van der Waals surface area contributed by atoms with Gasteiger partial charge in [0.05, 0.1) is 12.9 Å². The molecule has 0 saturated carbocycles. The fourth-order valence-electron chi connectivity index (χ4n) is 3.76. The highest BCUT2D eigenvalue weighted by Crippen LogP contribution is 2.15. The average Bonchev–Trinajstić information content (AvgIpc) is 3.32. The standard InChI is InChI=1S/C23H32N6O3/c1-3-28(4-2)22(31)17-26-12-14-29(15-13-26)23(32)19-6-5-7-20(16-19)25-21(30)8-10-27-11-9-24-18-27/h5-7,9,11,16,18H,3-4,8,10,12-15,17H2,1-2H3,(H,25,30). The summed E-state index contributed by atoms with van der Waals surface area (Å²) in [5.41, 5.74) is 1.15. The molecule has 1 aromatic heterocycles. The van der Waals surface area contributed by atoms with Crippen LogP contribution in [0.5, 0.6) is 0 Å². The van der Waals surface area contributed by atoms with Crippen molar-refractivity contribution in [3.8, 4) is 0 Å². The molecule has 0 radical (unpaired) electrons. The number of rotatable bonds is 9.